The van der Waals surface area contributed by atoms with Crippen molar-refractivity contribution < 1.29 is 40.9 Å². The molecule has 0 aliphatic carbocycles. The maximum Gasteiger partial charge on any atom is 0.410 e. The highest BCUT2D eigenvalue weighted by molar-refractivity contribution is 7.93. The zero-order chi connectivity index (χ0) is 37.0. The van der Waals surface area contributed by atoms with Gasteiger partial charge < -0.3 is 23.8 Å². The molecule has 1 aliphatic heterocycles. The van der Waals surface area contributed by atoms with Crippen molar-refractivity contribution in [3.8, 4) is 17.2 Å². The minimum Gasteiger partial charge on any atom is -0.497 e. The Morgan fingerprint density at radius 2 is 1.71 bits per heavy atom. The number of methoxy groups -OCH3 is 2. The average molecular weight is 765 g/mol. The number of halogens is 3. The summed E-state index contributed by atoms with van der Waals surface area (Å²) < 4.78 is 85.9. The minimum atomic E-state index is -4.71. The number of rotatable bonds is 12. The molecule has 51 heavy (non-hydrogen) atoms. The lowest BCUT2D eigenvalue weighted by molar-refractivity contribution is 0.0152. The van der Waals surface area contributed by atoms with E-state index in [1.807, 2.05) is 32.9 Å². The number of sulfonamides is 1. The Kier molecular flexibility index (Phi) is 11.6. The number of hydrogen-bond acceptors (Lipinski definition) is 10. The number of carbonyl (C=O) groups is 1. The summed E-state index contributed by atoms with van der Waals surface area (Å²) in [6.45, 7) is 5.92. The fourth-order valence-corrected chi connectivity index (χ4v) is 8.21. The number of aromatic nitrogens is 2. The lowest BCUT2D eigenvalue weighted by atomic mass is 9.70. The van der Waals surface area contributed by atoms with Crippen molar-refractivity contribution in [1.82, 2.24) is 14.3 Å². The molecule has 3 aromatic carbocycles. The number of carbonyl (C=O) groups excluding carboxylic acids is 1. The van der Waals surface area contributed by atoms with E-state index in [1.54, 1.807) is 35.2 Å². The molecule has 274 valence electrons. The van der Waals surface area contributed by atoms with Gasteiger partial charge in [-0.3, -0.25) is 0 Å². The molecule has 2 heterocycles. The van der Waals surface area contributed by atoms with Gasteiger partial charge in [0.25, 0.3) is 10.0 Å². The standard InChI is InChI=1S/C35H39ClF2N4O7S2/c1-34(2,3)49-33(43)41-15-12-35(13-16-41,24-7-9-25(36)10-8-24)14-17-48-30-19-28(38)31(20-27(30)37)51(44,45)42(32-39-22-40-50-32)21-23-6-11-26(46-4)18-29(23)47-5/h6-11,18-20,22H,12-17,21H2,1-5H3. The summed E-state index contributed by atoms with van der Waals surface area (Å²) in [7, 11) is -1.82. The molecule has 11 nitrogen and oxygen atoms in total. The third-order valence-corrected chi connectivity index (χ3v) is 11.4. The van der Waals surface area contributed by atoms with Crippen LogP contribution < -0.4 is 18.5 Å². The summed E-state index contributed by atoms with van der Waals surface area (Å²) in [5, 5.41) is 0.509. The van der Waals surface area contributed by atoms with Crippen LogP contribution in [0.5, 0.6) is 17.2 Å². The summed E-state index contributed by atoms with van der Waals surface area (Å²) in [6.07, 6.45) is 2.28. The van der Waals surface area contributed by atoms with Crippen molar-refractivity contribution in [1.29, 1.82) is 0 Å². The maximum atomic E-state index is 15.7. The second-order valence-corrected chi connectivity index (χ2v) is 16.0. The van der Waals surface area contributed by atoms with Gasteiger partial charge in [-0.05, 0) is 69.9 Å². The first-order valence-corrected chi connectivity index (χ1v) is 18.6. The van der Waals surface area contributed by atoms with E-state index < -0.39 is 49.4 Å². The summed E-state index contributed by atoms with van der Waals surface area (Å²) in [5.41, 5.74) is 0.290. The van der Waals surface area contributed by atoms with Gasteiger partial charge in [-0.1, -0.05) is 23.7 Å². The van der Waals surface area contributed by atoms with Crippen molar-refractivity contribution in [3.05, 3.63) is 88.7 Å². The molecular weight excluding hydrogens is 726 g/mol. The van der Waals surface area contributed by atoms with Crippen LogP contribution in [0.4, 0.5) is 18.7 Å². The van der Waals surface area contributed by atoms with E-state index in [0.29, 0.717) is 60.5 Å². The third kappa shape index (κ3) is 8.82. The Balaban J connectivity index is 1.36. The average Bonchev–Trinajstić information content (AvgIpc) is 3.63. The molecule has 1 saturated heterocycles. The molecule has 1 fully saturated rings. The first kappa shape index (κ1) is 38.0. The topological polar surface area (TPSA) is 120 Å². The molecule has 1 aromatic heterocycles. The Hall–Kier alpha value is -4.21. The van der Waals surface area contributed by atoms with Crippen LogP contribution in [-0.2, 0) is 26.7 Å². The van der Waals surface area contributed by atoms with Crippen LogP contribution in [0.25, 0.3) is 0 Å². The Labute approximate surface area is 305 Å². The molecule has 16 heteroatoms. The molecule has 4 aromatic rings. The van der Waals surface area contributed by atoms with Crippen molar-refractivity contribution in [3.63, 3.8) is 0 Å². The van der Waals surface area contributed by atoms with E-state index in [1.165, 1.54) is 20.5 Å². The highest BCUT2D eigenvalue weighted by Crippen LogP contribution is 2.40. The summed E-state index contributed by atoms with van der Waals surface area (Å²) >= 11 is 6.94. The normalized spacial score (nSPS) is 14.5. The number of hydrogen-bond donors (Lipinski definition) is 0. The summed E-state index contributed by atoms with van der Waals surface area (Å²) in [4.78, 5) is 17.5. The van der Waals surface area contributed by atoms with Crippen molar-refractivity contribution in [2.75, 3.05) is 38.2 Å². The number of nitrogens with zero attached hydrogens (tertiary/aromatic N) is 4. The van der Waals surface area contributed by atoms with Gasteiger partial charge in [-0.25, -0.2) is 31.3 Å². The van der Waals surface area contributed by atoms with E-state index in [2.05, 4.69) is 9.36 Å². The lowest BCUT2D eigenvalue weighted by Gasteiger charge is -2.42. The van der Waals surface area contributed by atoms with Crippen LogP contribution in [0.3, 0.4) is 0 Å². The maximum absolute atomic E-state index is 15.7. The number of likely N-dealkylation sites (tertiary alicyclic amines) is 1. The minimum absolute atomic E-state index is 0.0221. The summed E-state index contributed by atoms with van der Waals surface area (Å²) in [6, 6.07) is 13.5. The van der Waals surface area contributed by atoms with Gasteiger partial charge in [0.15, 0.2) is 11.6 Å². The van der Waals surface area contributed by atoms with Crippen LogP contribution in [0.15, 0.2) is 65.8 Å². The van der Waals surface area contributed by atoms with E-state index in [0.717, 1.165) is 27.5 Å². The van der Waals surface area contributed by atoms with Crippen molar-refractivity contribution in [2.24, 2.45) is 0 Å². The predicted molar refractivity (Wildman–Crippen MR) is 189 cm³/mol. The molecule has 0 atom stereocenters. The Morgan fingerprint density at radius 3 is 2.31 bits per heavy atom. The second-order valence-electron chi connectivity index (χ2n) is 13.0. The van der Waals surface area contributed by atoms with Crippen LogP contribution in [-0.4, -0.2) is 68.3 Å². The van der Waals surface area contributed by atoms with Crippen LogP contribution in [0, 0.1) is 11.6 Å². The highest BCUT2D eigenvalue weighted by atomic mass is 35.5. The molecule has 0 spiro atoms. The van der Waals surface area contributed by atoms with Gasteiger partial charge in [0.2, 0.25) is 5.13 Å². The van der Waals surface area contributed by atoms with Gasteiger partial charge >= 0.3 is 6.09 Å². The van der Waals surface area contributed by atoms with Crippen LogP contribution in [0.2, 0.25) is 5.02 Å². The largest absolute Gasteiger partial charge is 0.497 e. The molecule has 0 N–H and O–H groups in total. The van der Waals surface area contributed by atoms with Gasteiger partial charge in [0, 0.05) is 58.8 Å². The number of piperidine rings is 1. The quantitative estimate of drug-likeness (QED) is 0.144. The fourth-order valence-electron chi connectivity index (χ4n) is 5.89. The fraction of sp³-hybridized carbons (Fsp3) is 0.400. The van der Waals surface area contributed by atoms with Gasteiger partial charge in [-0.15, -0.1) is 0 Å². The smallest absolute Gasteiger partial charge is 0.410 e. The van der Waals surface area contributed by atoms with Gasteiger partial charge in [-0.2, -0.15) is 4.37 Å². The zero-order valence-corrected chi connectivity index (χ0v) is 31.2. The molecule has 0 bridgehead atoms. The number of ether oxygens (including phenoxy) is 4. The van der Waals surface area contributed by atoms with E-state index in [9.17, 15) is 13.2 Å². The van der Waals surface area contributed by atoms with Crippen molar-refractivity contribution in [2.45, 2.75) is 62.5 Å². The summed E-state index contributed by atoms with van der Waals surface area (Å²) in [5.74, 6) is -1.91. The molecule has 1 aliphatic rings. The third-order valence-electron chi connectivity index (χ3n) is 8.59. The predicted octanol–water partition coefficient (Wildman–Crippen LogP) is 7.62. The Morgan fingerprint density at radius 1 is 1.00 bits per heavy atom. The van der Waals surface area contributed by atoms with Gasteiger partial charge in [0.05, 0.1) is 27.4 Å². The van der Waals surface area contributed by atoms with Crippen molar-refractivity contribution >= 4 is 44.4 Å². The van der Waals surface area contributed by atoms with Crippen LogP contribution in [0.1, 0.15) is 51.2 Å². The highest BCUT2D eigenvalue weighted by Gasteiger charge is 2.39. The number of anilines is 1. The molecule has 5 rings (SSSR count). The van der Waals surface area contributed by atoms with E-state index >= 15 is 8.78 Å². The monoisotopic (exact) mass is 764 g/mol. The second kappa shape index (κ2) is 15.6. The number of amides is 1. The van der Waals surface area contributed by atoms with Crippen LogP contribution >= 0.6 is 23.1 Å². The first-order valence-electron chi connectivity index (χ1n) is 16.0. The SMILES string of the molecule is COc1ccc(CN(c2ncns2)S(=O)(=O)c2cc(F)c(OCCC3(c4ccc(Cl)cc4)CCN(C(=O)OC(C)(C)C)CC3)cc2F)c(OC)c1. The van der Waals surface area contributed by atoms with E-state index in [-0.39, 0.29) is 18.3 Å². The molecule has 0 radical (unpaired) electrons. The molecule has 1 amide bonds. The molecule has 0 unspecified atom stereocenters. The molecular formula is C35H39ClF2N4O7S2. The van der Waals surface area contributed by atoms with Gasteiger partial charge in [0.1, 0.15) is 34.1 Å². The van der Waals surface area contributed by atoms with E-state index in [4.69, 9.17) is 30.5 Å². The number of benzene rings is 3. The lowest BCUT2D eigenvalue weighted by Crippen LogP contribution is -2.47. The molecule has 0 saturated carbocycles. The zero-order valence-electron chi connectivity index (χ0n) is 28.8. The Bertz CT molecular complexity index is 1930. The first-order chi connectivity index (χ1) is 24.2.